The molecule has 0 atom stereocenters. The normalized spacial score (nSPS) is 11.3. The SMILES string of the molecule is O=C(O)c1c(OC(F)(F)F)ccc(Cl)c1F. The lowest BCUT2D eigenvalue weighted by Crippen LogP contribution is -2.19. The van der Waals surface area contributed by atoms with Crippen molar-refractivity contribution in [2.24, 2.45) is 0 Å². The van der Waals surface area contributed by atoms with Crippen LogP contribution >= 0.6 is 11.6 Å². The van der Waals surface area contributed by atoms with Crippen LogP contribution in [0, 0.1) is 5.82 Å². The highest BCUT2D eigenvalue weighted by Crippen LogP contribution is 2.31. The summed E-state index contributed by atoms with van der Waals surface area (Å²) in [6.07, 6.45) is -5.11. The number of alkyl halides is 3. The summed E-state index contributed by atoms with van der Waals surface area (Å²) in [5.74, 6) is -4.53. The van der Waals surface area contributed by atoms with Crippen molar-refractivity contribution in [3.05, 3.63) is 28.5 Å². The van der Waals surface area contributed by atoms with Gasteiger partial charge in [-0.2, -0.15) is 0 Å². The van der Waals surface area contributed by atoms with Gasteiger partial charge in [-0.1, -0.05) is 11.6 Å². The van der Waals surface area contributed by atoms with Gasteiger partial charge < -0.3 is 9.84 Å². The molecule has 0 bridgehead atoms. The number of hydrogen-bond donors (Lipinski definition) is 1. The molecule has 1 aromatic carbocycles. The van der Waals surface area contributed by atoms with E-state index in [0.29, 0.717) is 6.07 Å². The summed E-state index contributed by atoms with van der Waals surface area (Å²) in [7, 11) is 0. The lowest BCUT2D eigenvalue weighted by Gasteiger charge is -2.11. The van der Waals surface area contributed by atoms with E-state index >= 15 is 0 Å². The first-order valence-corrected chi connectivity index (χ1v) is 4.07. The van der Waals surface area contributed by atoms with Crippen molar-refractivity contribution in [3.8, 4) is 5.75 Å². The smallest absolute Gasteiger partial charge is 0.477 e. The fourth-order valence-corrected chi connectivity index (χ4v) is 1.10. The van der Waals surface area contributed by atoms with E-state index in [1.54, 1.807) is 0 Å². The van der Waals surface area contributed by atoms with Crippen molar-refractivity contribution >= 4 is 17.6 Å². The maximum absolute atomic E-state index is 13.1. The highest BCUT2D eigenvalue weighted by Gasteiger charge is 2.34. The van der Waals surface area contributed by atoms with E-state index in [1.165, 1.54) is 0 Å². The first-order valence-electron chi connectivity index (χ1n) is 3.69. The molecule has 0 fully saturated rings. The Labute approximate surface area is 91.2 Å². The van der Waals surface area contributed by atoms with Gasteiger partial charge in [-0.05, 0) is 12.1 Å². The molecule has 1 aromatic rings. The second-order valence-electron chi connectivity index (χ2n) is 2.59. The molecule has 0 spiro atoms. The third kappa shape index (κ3) is 2.75. The third-order valence-corrected chi connectivity index (χ3v) is 1.79. The van der Waals surface area contributed by atoms with Crippen LogP contribution in [0.5, 0.6) is 5.75 Å². The Bertz CT molecular complexity index is 430. The predicted molar refractivity (Wildman–Crippen MR) is 45.1 cm³/mol. The van der Waals surface area contributed by atoms with Crippen molar-refractivity contribution < 1.29 is 32.2 Å². The topological polar surface area (TPSA) is 46.5 Å². The van der Waals surface area contributed by atoms with E-state index in [0.717, 1.165) is 6.07 Å². The molecule has 3 nitrogen and oxygen atoms in total. The summed E-state index contributed by atoms with van der Waals surface area (Å²) < 4.78 is 52.0. The van der Waals surface area contributed by atoms with Crippen LogP contribution in [-0.4, -0.2) is 17.4 Å². The molecule has 0 saturated heterocycles. The summed E-state index contributed by atoms with van der Waals surface area (Å²) in [5.41, 5.74) is -1.26. The molecular weight excluding hydrogens is 256 g/mol. The van der Waals surface area contributed by atoms with Gasteiger partial charge in [0.2, 0.25) is 0 Å². The van der Waals surface area contributed by atoms with Gasteiger partial charge in [-0.3, -0.25) is 0 Å². The quantitative estimate of drug-likeness (QED) is 0.829. The molecule has 0 radical (unpaired) electrons. The number of aromatic carboxylic acids is 1. The maximum Gasteiger partial charge on any atom is 0.573 e. The van der Waals surface area contributed by atoms with Gasteiger partial charge in [-0.25, -0.2) is 9.18 Å². The van der Waals surface area contributed by atoms with Gasteiger partial charge in [0.1, 0.15) is 11.3 Å². The molecule has 1 rings (SSSR count). The number of benzene rings is 1. The monoisotopic (exact) mass is 258 g/mol. The van der Waals surface area contributed by atoms with Crippen molar-refractivity contribution in [3.63, 3.8) is 0 Å². The molecule has 0 aliphatic rings. The average Bonchev–Trinajstić information content (AvgIpc) is 2.08. The molecule has 88 valence electrons. The first kappa shape index (κ1) is 12.6. The molecule has 8 heteroatoms. The molecule has 0 heterocycles. The number of rotatable bonds is 2. The Morgan fingerprint density at radius 2 is 1.94 bits per heavy atom. The zero-order valence-corrected chi connectivity index (χ0v) is 8.06. The van der Waals surface area contributed by atoms with E-state index in [9.17, 15) is 22.4 Å². The number of halogens is 5. The maximum atomic E-state index is 13.1. The second-order valence-corrected chi connectivity index (χ2v) is 2.99. The molecule has 16 heavy (non-hydrogen) atoms. The molecular formula is C8H3ClF4O3. The summed E-state index contributed by atoms with van der Waals surface area (Å²) >= 11 is 5.23. The predicted octanol–water partition coefficient (Wildman–Crippen LogP) is 3.08. The molecule has 0 unspecified atom stereocenters. The standard InChI is InChI=1S/C8H3ClF4O3/c9-3-1-2-4(16-8(11,12)13)5(6(3)10)7(14)15/h1-2H,(H,14,15). The Balaban J connectivity index is 3.29. The van der Waals surface area contributed by atoms with Crippen molar-refractivity contribution in [2.45, 2.75) is 6.36 Å². The average molecular weight is 259 g/mol. The van der Waals surface area contributed by atoms with Gasteiger partial charge in [0, 0.05) is 0 Å². The highest BCUT2D eigenvalue weighted by atomic mass is 35.5. The van der Waals surface area contributed by atoms with Crippen molar-refractivity contribution in [1.82, 2.24) is 0 Å². The Hall–Kier alpha value is -1.50. The van der Waals surface area contributed by atoms with Gasteiger partial charge in [0.25, 0.3) is 0 Å². The van der Waals surface area contributed by atoms with E-state index in [-0.39, 0.29) is 0 Å². The molecule has 0 aromatic heterocycles. The van der Waals surface area contributed by atoms with E-state index in [2.05, 4.69) is 4.74 Å². The summed E-state index contributed by atoms with van der Waals surface area (Å²) in [6.45, 7) is 0. The number of carboxylic acids is 1. The summed E-state index contributed by atoms with van der Waals surface area (Å²) in [4.78, 5) is 10.5. The van der Waals surface area contributed by atoms with Crippen LogP contribution in [0.25, 0.3) is 0 Å². The van der Waals surface area contributed by atoms with E-state index in [4.69, 9.17) is 16.7 Å². The third-order valence-electron chi connectivity index (χ3n) is 1.50. The van der Waals surface area contributed by atoms with Crippen LogP contribution < -0.4 is 4.74 Å². The van der Waals surface area contributed by atoms with Gasteiger partial charge >= 0.3 is 12.3 Å². The van der Waals surface area contributed by atoms with Crippen molar-refractivity contribution in [2.75, 3.05) is 0 Å². The zero-order valence-electron chi connectivity index (χ0n) is 7.31. The van der Waals surface area contributed by atoms with Gasteiger partial charge in [0.05, 0.1) is 5.02 Å². The number of carboxylic acid groups (broad SMARTS) is 1. The minimum atomic E-state index is -5.11. The van der Waals surface area contributed by atoms with Crippen LogP contribution in [0.1, 0.15) is 10.4 Å². The Kier molecular flexibility index (Phi) is 3.27. The lowest BCUT2D eigenvalue weighted by molar-refractivity contribution is -0.274. The molecule has 0 amide bonds. The number of carbonyl (C=O) groups is 1. The van der Waals surface area contributed by atoms with Crippen LogP contribution in [0.2, 0.25) is 5.02 Å². The summed E-state index contributed by atoms with van der Waals surface area (Å²) in [5, 5.41) is 7.92. The Morgan fingerprint density at radius 1 is 1.38 bits per heavy atom. The van der Waals surface area contributed by atoms with Crippen LogP contribution in [0.3, 0.4) is 0 Å². The molecule has 0 saturated carbocycles. The largest absolute Gasteiger partial charge is 0.573 e. The lowest BCUT2D eigenvalue weighted by atomic mass is 10.2. The second kappa shape index (κ2) is 4.17. The van der Waals surface area contributed by atoms with Crippen LogP contribution in [-0.2, 0) is 0 Å². The fourth-order valence-electron chi connectivity index (χ4n) is 0.942. The molecule has 1 N–H and O–H groups in total. The number of ether oxygens (including phenoxy) is 1. The number of hydrogen-bond acceptors (Lipinski definition) is 2. The van der Waals surface area contributed by atoms with E-state index < -0.39 is 34.5 Å². The fraction of sp³-hybridized carbons (Fsp3) is 0.125. The highest BCUT2D eigenvalue weighted by molar-refractivity contribution is 6.31. The van der Waals surface area contributed by atoms with Crippen LogP contribution in [0.15, 0.2) is 12.1 Å². The van der Waals surface area contributed by atoms with Crippen LogP contribution in [0.4, 0.5) is 17.6 Å². The summed E-state index contributed by atoms with van der Waals surface area (Å²) in [6, 6.07) is 1.40. The first-order chi connectivity index (χ1) is 7.22. The van der Waals surface area contributed by atoms with E-state index in [1.807, 2.05) is 0 Å². The molecule has 0 aliphatic carbocycles. The Morgan fingerprint density at radius 3 is 2.38 bits per heavy atom. The van der Waals surface area contributed by atoms with Crippen molar-refractivity contribution in [1.29, 1.82) is 0 Å². The van der Waals surface area contributed by atoms with Gasteiger partial charge in [-0.15, -0.1) is 13.2 Å². The minimum Gasteiger partial charge on any atom is -0.477 e. The zero-order chi connectivity index (χ0) is 12.5. The minimum absolute atomic E-state index is 0.605. The molecule has 0 aliphatic heterocycles. The van der Waals surface area contributed by atoms with Gasteiger partial charge in [0.15, 0.2) is 5.82 Å².